The molecular weight excluding hydrogens is 230 g/mol. The van der Waals surface area contributed by atoms with Crippen molar-refractivity contribution < 1.29 is 4.74 Å². The number of aryl methyl sites for hydroxylation is 1. The standard InChI is InChI=1S/C14H17NOS/c1-10-6-7-11(12(9-10)16-3)14(15-2)13-5-4-8-17-13/h4-9,14-15H,1-3H3. The third kappa shape index (κ3) is 2.51. The first-order valence-corrected chi connectivity index (χ1v) is 6.49. The molecule has 0 bridgehead atoms. The van der Waals surface area contributed by atoms with E-state index >= 15 is 0 Å². The van der Waals surface area contributed by atoms with Gasteiger partial charge >= 0.3 is 0 Å². The molecule has 0 aliphatic carbocycles. The van der Waals surface area contributed by atoms with Gasteiger partial charge in [0, 0.05) is 10.4 Å². The topological polar surface area (TPSA) is 21.3 Å². The van der Waals surface area contributed by atoms with Gasteiger partial charge in [-0.05, 0) is 37.0 Å². The van der Waals surface area contributed by atoms with Crippen molar-refractivity contribution in [3.8, 4) is 5.75 Å². The number of ether oxygens (including phenoxy) is 1. The van der Waals surface area contributed by atoms with Crippen LogP contribution in [0.4, 0.5) is 0 Å². The Morgan fingerprint density at radius 2 is 2.12 bits per heavy atom. The summed E-state index contributed by atoms with van der Waals surface area (Å²) in [5.41, 5.74) is 2.40. The molecule has 1 heterocycles. The van der Waals surface area contributed by atoms with E-state index in [1.54, 1.807) is 18.4 Å². The first kappa shape index (κ1) is 12.1. The van der Waals surface area contributed by atoms with Crippen molar-refractivity contribution in [2.45, 2.75) is 13.0 Å². The van der Waals surface area contributed by atoms with E-state index in [1.165, 1.54) is 16.0 Å². The van der Waals surface area contributed by atoms with Crippen LogP contribution in [0.15, 0.2) is 35.7 Å². The molecule has 1 atom stereocenters. The molecule has 1 unspecified atom stereocenters. The second-order valence-electron chi connectivity index (χ2n) is 3.98. The van der Waals surface area contributed by atoms with Crippen molar-refractivity contribution in [1.82, 2.24) is 5.32 Å². The molecule has 0 aliphatic rings. The number of thiophene rings is 1. The number of hydrogen-bond donors (Lipinski definition) is 1. The lowest BCUT2D eigenvalue weighted by Gasteiger charge is -2.18. The van der Waals surface area contributed by atoms with E-state index in [9.17, 15) is 0 Å². The molecule has 3 heteroatoms. The molecule has 0 aliphatic heterocycles. The second-order valence-corrected chi connectivity index (χ2v) is 4.96. The molecule has 2 rings (SSSR count). The maximum Gasteiger partial charge on any atom is 0.124 e. The van der Waals surface area contributed by atoms with E-state index in [2.05, 4.69) is 48.0 Å². The van der Waals surface area contributed by atoms with Crippen molar-refractivity contribution in [3.05, 3.63) is 51.7 Å². The van der Waals surface area contributed by atoms with Crippen molar-refractivity contribution in [3.63, 3.8) is 0 Å². The number of methoxy groups -OCH3 is 1. The van der Waals surface area contributed by atoms with Crippen LogP contribution in [0.5, 0.6) is 5.75 Å². The molecule has 2 aromatic rings. The average molecular weight is 247 g/mol. The summed E-state index contributed by atoms with van der Waals surface area (Å²) in [5, 5.41) is 5.44. The molecule has 1 aromatic heterocycles. The predicted octanol–water partition coefficient (Wildman–Crippen LogP) is 3.37. The lowest BCUT2D eigenvalue weighted by molar-refractivity contribution is 0.405. The number of rotatable bonds is 4. The van der Waals surface area contributed by atoms with Crippen LogP contribution in [-0.2, 0) is 0 Å². The highest BCUT2D eigenvalue weighted by atomic mass is 32.1. The molecule has 0 saturated heterocycles. The van der Waals surface area contributed by atoms with Gasteiger partial charge in [0.2, 0.25) is 0 Å². The van der Waals surface area contributed by atoms with Crippen molar-refractivity contribution >= 4 is 11.3 Å². The average Bonchev–Trinajstić information content (AvgIpc) is 2.85. The summed E-state index contributed by atoms with van der Waals surface area (Å²) >= 11 is 1.76. The van der Waals surface area contributed by atoms with Crippen LogP contribution in [0.2, 0.25) is 0 Å². The van der Waals surface area contributed by atoms with Gasteiger partial charge in [-0.25, -0.2) is 0 Å². The zero-order valence-corrected chi connectivity index (χ0v) is 11.2. The molecule has 0 amide bonds. The monoisotopic (exact) mass is 247 g/mol. The molecular formula is C14H17NOS. The molecule has 90 valence electrons. The van der Waals surface area contributed by atoms with E-state index in [4.69, 9.17) is 4.74 Å². The Balaban J connectivity index is 2.44. The van der Waals surface area contributed by atoms with Crippen LogP contribution in [-0.4, -0.2) is 14.2 Å². The van der Waals surface area contributed by atoms with Gasteiger partial charge in [0.05, 0.1) is 13.2 Å². The predicted molar refractivity (Wildman–Crippen MR) is 73.0 cm³/mol. The first-order chi connectivity index (χ1) is 8.26. The summed E-state index contributed by atoms with van der Waals surface area (Å²) in [6.45, 7) is 2.08. The maximum absolute atomic E-state index is 5.47. The highest BCUT2D eigenvalue weighted by Gasteiger charge is 2.17. The summed E-state index contributed by atoms with van der Waals surface area (Å²) in [6, 6.07) is 10.7. The lowest BCUT2D eigenvalue weighted by Crippen LogP contribution is -2.17. The summed E-state index contributed by atoms with van der Waals surface area (Å²) < 4.78 is 5.47. The molecule has 1 N–H and O–H groups in total. The molecule has 0 spiro atoms. The van der Waals surface area contributed by atoms with E-state index in [1.807, 2.05) is 7.05 Å². The third-order valence-corrected chi connectivity index (χ3v) is 3.75. The molecule has 0 fully saturated rings. The lowest BCUT2D eigenvalue weighted by atomic mass is 10.0. The van der Waals surface area contributed by atoms with Gasteiger partial charge < -0.3 is 10.1 Å². The minimum Gasteiger partial charge on any atom is -0.496 e. The Labute approximate surface area is 106 Å². The van der Waals surface area contributed by atoms with Crippen molar-refractivity contribution in [1.29, 1.82) is 0 Å². The van der Waals surface area contributed by atoms with Crippen molar-refractivity contribution in [2.24, 2.45) is 0 Å². The summed E-state index contributed by atoms with van der Waals surface area (Å²) in [5.74, 6) is 0.942. The van der Waals surface area contributed by atoms with Gasteiger partial charge in [-0.1, -0.05) is 18.2 Å². The SMILES string of the molecule is CNC(c1cccs1)c1ccc(C)cc1OC. The van der Waals surface area contributed by atoms with Gasteiger partial charge in [-0.15, -0.1) is 11.3 Å². The minimum absolute atomic E-state index is 0.200. The maximum atomic E-state index is 5.47. The number of nitrogens with one attached hydrogen (secondary N) is 1. The third-order valence-electron chi connectivity index (χ3n) is 2.82. The fraction of sp³-hybridized carbons (Fsp3) is 0.286. The van der Waals surface area contributed by atoms with Crippen LogP contribution in [0, 0.1) is 6.92 Å². The molecule has 0 saturated carbocycles. The van der Waals surface area contributed by atoms with Gasteiger partial charge in [-0.2, -0.15) is 0 Å². The van der Waals surface area contributed by atoms with Crippen LogP contribution in [0.1, 0.15) is 22.0 Å². The zero-order valence-electron chi connectivity index (χ0n) is 10.4. The Bertz CT molecular complexity index is 479. The van der Waals surface area contributed by atoms with E-state index in [-0.39, 0.29) is 6.04 Å². The summed E-state index contributed by atoms with van der Waals surface area (Å²) in [7, 11) is 3.70. The first-order valence-electron chi connectivity index (χ1n) is 5.61. The normalized spacial score (nSPS) is 12.4. The summed E-state index contributed by atoms with van der Waals surface area (Å²) in [6.07, 6.45) is 0. The van der Waals surface area contributed by atoms with Gasteiger partial charge in [0.25, 0.3) is 0 Å². The van der Waals surface area contributed by atoms with Gasteiger partial charge in [0.15, 0.2) is 0 Å². The van der Waals surface area contributed by atoms with Crippen LogP contribution < -0.4 is 10.1 Å². The second kappa shape index (κ2) is 5.34. The number of benzene rings is 1. The van der Waals surface area contributed by atoms with Gasteiger partial charge in [-0.3, -0.25) is 0 Å². The minimum atomic E-state index is 0.200. The van der Waals surface area contributed by atoms with Crippen LogP contribution in [0.3, 0.4) is 0 Å². The quantitative estimate of drug-likeness (QED) is 0.894. The highest BCUT2D eigenvalue weighted by molar-refractivity contribution is 7.10. The van der Waals surface area contributed by atoms with E-state index in [0.29, 0.717) is 0 Å². The van der Waals surface area contributed by atoms with Crippen LogP contribution >= 0.6 is 11.3 Å². The van der Waals surface area contributed by atoms with Crippen molar-refractivity contribution in [2.75, 3.05) is 14.2 Å². The molecule has 0 radical (unpaired) electrons. The molecule has 17 heavy (non-hydrogen) atoms. The fourth-order valence-corrected chi connectivity index (χ4v) is 2.82. The van der Waals surface area contributed by atoms with Gasteiger partial charge in [0.1, 0.15) is 5.75 Å². The largest absolute Gasteiger partial charge is 0.496 e. The summed E-state index contributed by atoms with van der Waals surface area (Å²) in [4.78, 5) is 1.30. The van der Waals surface area contributed by atoms with E-state index < -0.39 is 0 Å². The smallest absolute Gasteiger partial charge is 0.124 e. The van der Waals surface area contributed by atoms with E-state index in [0.717, 1.165) is 5.75 Å². The Morgan fingerprint density at radius 3 is 2.71 bits per heavy atom. The van der Waals surface area contributed by atoms with Crippen LogP contribution in [0.25, 0.3) is 0 Å². The fourth-order valence-electron chi connectivity index (χ4n) is 1.96. The zero-order chi connectivity index (χ0) is 12.3. The Morgan fingerprint density at radius 1 is 1.29 bits per heavy atom. The number of hydrogen-bond acceptors (Lipinski definition) is 3. The Kier molecular flexibility index (Phi) is 3.82. The molecule has 2 nitrogen and oxygen atoms in total. The molecule has 1 aromatic carbocycles. The highest BCUT2D eigenvalue weighted by Crippen LogP contribution is 2.32. The Hall–Kier alpha value is -1.32.